The highest BCUT2D eigenvalue weighted by Crippen LogP contribution is 2.10. The normalized spacial score (nSPS) is 20.7. The molecule has 23 heavy (non-hydrogen) atoms. The van der Waals surface area contributed by atoms with Gasteiger partial charge in [-0.1, -0.05) is 12.8 Å². The Balaban J connectivity index is 1.82. The van der Waals surface area contributed by atoms with E-state index in [4.69, 9.17) is 0 Å². The lowest BCUT2D eigenvalue weighted by Gasteiger charge is -2.29. The largest absolute Gasteiger partial charge is 0.333 e. The predicted octanol–water partition coefficient (Wildman–Crippen LogP) is 1.21. The van der Waals surface area contributed by atoms with Crippen LogP contribution in [-0.4, -0.2) is 45.1 Å². The summed E-state index contributed by atoms with van der Waals surface area (Å²) < 4.78 is 3.14. The van der Waals surface area contributed by atoms with E-state index in [2.05, 4.69) is 9.80 Å². The Morgan fingerprint density at radius 1 is 0.826 bits per heavy atom. The van der Waals surface area contributed by atoms with Gasteiger partial charge in [0.15, 0.2) is 0 Å². The zero-order chi connectivity index (χ0) is 16.2. The van der Waals surface area contributed by atoms with Gasteiger partial charge in [0.2, 0.25) is 0 Å². The number of piperidine rings is 2. The van der Waals surface area contributed by atoms with Gasteiger partial charge < -0.3 is 0 Å². The monoisotopic (exact) mass is 320 g/mol. The van der Waals surface area contributed by atoms with Crippen molar-refractivity contribution >= 4 is 0 Å². The number of hydrogen-bond donors (Lipinski definition) is 0. The number of nitrogens with zero attached hydrogens (tertiary/aromatic N) is 4. The van der Waals surface area contributed by atoms with Gasteiger partial charge in [0.1, 0.15) is 0 Å². The zero-order valence-electron chi connectivity index (χ0n) is 14.2. The molecule has 0 N–H and O–H groups in total. The SMILES string of the molecule is Cc1cn(CN2CCCCC2)c(=O)n(CN2CCCCC2)c1=O. The van der Waals surface area contributed by atoms with Gasteiger partial charge in [0.05, 0.1) is 13.3 Å². The quantitative estimate of drug-likeness (QED) is 0.837. The van der Waals surface area contributed by atoms with Crippen molar-refractivity contribution in [2.75, 3.05) is 26.2 Å². The molecule has 0 amide bonds. The van der Waals surface area contributed by atoms with Gasteiger partial charge >= 0.3 is 5.69 Å². The lowest BCUT2D eigenvalue weighted by atomic mass is 10.1. The fraction of sp³-hybridized carbons (Fsp3) is 0.765. The van der Waals surface area contributed by atoms with E-state index >= 15 is 0 Å². The van der Waals surface area contributed by atoms with E-state index < -0.39 is 0 Å². The molecule has 128 valence electrons. The summed E-state index contributed by atoms with van der Waals surface area (Å²) >= 11 is 0. The van der Waals surface area contributed by atoms with Crippen LogP contribution >= 0.6 is 0 Å². The first-order valence-electron chi connectivity index (χ1n) is 8.91. The third-order valence-electron chi connectivity index (χ3n) is 5.00. The third kappa shape index (κ3) is 3.93. The Labute approximate surface area is 137 Å². The van der Waals surface area contributed by atoms with E-state index in [1.807, 2.05) is 0 Å². The van der Waals surface area contributed by atoms with Crippen LogP contribution in [0.5, 0.6) is 0 Å². The molecule has 6 heteroatoms. The molecule has 0 atom stereocenters. The van der Waals surface area contributed by atoms with Crippen LogP contribution in [0.4, 0.5) is 0 Å². The van der Waals surface area contributed by atoms with Crippen LogP contribution in [0.3, 0.4) is 0 Å². The van der Waals surface area contributed by atoms with E-state index in [1.54, 1.807) is 17.7 Å². The van der Waals surface area contributed by atoms with Crippen LogP contribution in [0.25, 0.3) is 0 Å². The highest BCUT2D eigenvalue weighted by Gasteiger charge is 2.17. The summed E-state index contributed by atoms with van der Waals surface area (Å²) in [5.41, 5.74) is 0.339. The Hall–Kier alpha value is -1.40. The molecule has 0 aliphatic carbocycles. The predicted molar refractivity (Wildman–Crippen MR) is 90.5 cm³/mol. The molecule has 0 aromatic carbocycles. The van der Waals surface area contributed by atoms with Crippen molar-refractivity contribution in [2.45, 2.75) is 58.8 Å². The van der Waals surface area contributed by atoms with Crippen LogP contribution in [0.2, 0.25) is 0 Å². The summed E-state index contributed by atoms with van der Waals surface area (Å²) in [7, 11) is 0. The minimum Gasteiger partial charge on any atom is -0.287 e. The van der Waals surface area contributed by atoms with Gasteiger partial charge in [-0.2, -0.15) is 0 Å². The average molecular weight is 320 g/mol. The maximum absolute atomic E-state index is 12.8. The van der Waals surface area contributed by atoms with Gasteiger partial charge in [-0.15, -0.1) is 0 Å². The van der Waals surface area contributed by atoms with E-state index in [-0.39, 0.29) is 11.2 Å². The molecule has 2 fully saturated rings. The smallest absolute Gasteiger partial charge is 0.287 e. The fourth-order valence-electron chi connectivity index (χ4n) is 3.64. The first-order valence-corrected chi connectivity index (χ1v) is 8.91. The van der Waals surface area contributed by atoms with Crippen molar-refractivity contribution in [2.24, 2.45) is 0 Å². The maximum Gasteiger partial charge on any atom is 0.333 e. The number of aryl methyl sites for hydroxylation is 1. The molecule has 0 bridgehead atoms. The molecule has 2 saturated heterocycles. The zero-order valence-corrected chi connectivity index (χ0v) is 14.2. The molecular formula is C17H28N4O2. The highest BCUT2D eigenvalue weighted by atomic mass is 16.2. The van der Waals surface area contributed by atoms with Crippen LogP contribution < -0.4 is 11.2 Å². The molecule has 1 aromatic rings. The van der Waals surface area contributed by atoms with Crippen LogP contribution in [0, 0.1) is 6.92 Å². The number of rotatable bonds is 4. The van der Waals surface area contributed by atoms with Gasteiger partial charge in [-0.3, -0.25) is 19.2 Å². The minimum atomic E-state index is -0.170. The molecular weight excluding hydrogens is 292 g/mol. The second-order valence-electron chi connectivity index (χ2n) is 6.94. The van der Waals surface area contributed by atoms with Gasteiger partial charge in [-0.25, -0.2) is 9.36 Å². The summed E-state index contributed by atoms with van der Waals surface area (Å²) in [5, 5.41) is 0. The fourth-order valence-corrected chi connectivity index (χ4v) is 3.64. The number of hydrogen-bond acceptors (Lipinski definition) is 4. The van der Waals surface area contributed by atoms with Crippen molar-refractivity contribution in [3.8, 4) is 0 Å². The summed E-state index contributed by atoms with van der Waals surface area (Å²) in [6.07, 6.45) is 8.95. The molecule has 3 heterocycles. The van der Waals surface area contributed by atoms with E-state index in [9.17, 15) is 9.59 Å². The molecule has 0 radical (unpaired) electrons. The second-order valence-corrected chi connectivity index (χ2v) is 6.94. The van der Waals surface area contributed by atoms with Crippen molar-refractivity contribution in [1.29, 1.82) is 0 Å². The lowest BCUT2D eigenvalue weighted by molar-refractivity contribution is 0.160. The topological polar surface area (TPSA) is 50.5 Å². The number of likely N-dealkylation sites (tertiary alicyclic amines) is 2. The van der Waals surface area contributed by atoms with E-state index in [0.717, 1.165) is 39.0 Å². The van der Waals surface area contributed by atoms with Gasteiger partial charge in [0.25, 0.3) is 5.56 Å². The molecule has 0 saturated carbocycles. The molecule has 3 rings (SSSR count). The van der Waals surface area contributed by atoms with Crippen molar-refractivity contribution in [3.05, 3.63) is 32.6 Å². The van der Waals surface area contributed by atoms with E-state index in [1.165, 1.54) is 30.3 Å². The Morgan fingerprint density at radius 3 is 1.91 bits per heavy atom. The maximum atomic E-state index is 12.8. The molecule has 1 aromatic heterocycles. The van der Waals surface area contributed by atoms with Gasteiger partial charge in [0, 0.05) is 11.8 Å². The van der Waals surface area contributed by atoms with Crippen molar-refractivity contribution < 1.29 is 0 Å². The summed E-state index contributed by atoms with van der Waals surface area (Å²) in [6, 6.07) is 0. The molecule has 2 aliphatic heterocycles. The van der Waals surface area contributed by atoms with Crippen LogP contribution in [0.1, 0.15) is 44.1 Å². The Kier molecular flexibility index (Phi) is 5.33. The lowest BCUT2D eigenvalue weighted by Crippen LogP contribution is -2.47. The van der Waals surface area contributed by atoms with Crippen LogP contribution in [-0.2, 0) is 13.3 Å². The van der Waals surface area contributed by atoms with Crippen molar-refractivity contribution in [3.63, 3.8) is 0 Å². The highest BCUT2D eigenvalue weighted by molar-refractivity contribution is 5.02. The molecule has 0 unspecified atom stereocenters. The van der Waals surface area contributed by atoms with E-state index in [0.29, 0.717) is 18.9 Å². The first-order chi connectivity index (χ1) is 11.1. The van der Waals surface area contributed by atoms with Crippen molar-refractivity contribution in [1.82, 2.24) is 18.9 Å². The first kappa shape index (κ1) is 16.5. The molecule has 2 aliphatic rings. The molecule has 0 spiro atoms. The minimum absolute atomic E-state index is 0.143. The van der Waals surface area contributed by atoms with Gasteiger partial charge in [-0.05, 0) is 58.8 Å². The Morgan fingerprint density at radius 2 is 1.35 bits per heavy atom. The second kappa shape index (κ2) is 7.45. The summed E-state index contributed by atoms with van der Waals surface area (Å²) in [5.74, 6) is 0. The average Bonchev–Trinajstić information content (AvgIpc) is 2.58. The Bertz CT molecular complexity index is 637. The molecule has 6 nitrogen and oxygen atoms in total. The summed E-state index contributed by atoms with van der Waals surface area (Å²) in [6.45, 7) is 6.87. The standard InChI is InChI=1S/C17H28N4O2/c1-15-12-20(13-18-8-4-2-5-9-18)17(23)21(16(15)22)14-19-10-6-3-7-11-19/h12H,2-11,13-14H2,1H3. The summed E-state index contributed by atoms with van der Waals surface area (Å²) in [4.78, 5) is 29.7. The van der Waals surface area contributed by atoms with Crippen LogP contribution in [0.15, 0.2) is 15.8 Å². The number of aromatic nitrogens is 2. The third-order valence-corrected chi connectivity index (χ3v) is 5.00.